The maximum atomic E-state index is 13.0. The Morgan fingerprint density at radius 2 is 1.89 bits per heavy atom. The summed E-state index contributed by atoms with van der Waals surface area (Å²) in [6, 6.07) is 19.1. The lowest BCUT2D eigenvalue weighted by atomic mass is 10.0. The van der Waals surface area contributed by atoms with Gasteiger partial charge in [0.15, 0.2) is 5.78 Å². The van der Waals surface area contributed by atoms with Gasteiger partial charge >= 0.3 is 0 Å². The first-order valence-corrected chi connectivity index (χ1v) is 12.5. The molecule has 1 aliphatic heterocycles. The van der Waals surface area contributed by atoms with E-state index in [-0.39, 0.29) is 23.1 Å². The van der Waals surface area contributed by atoms with E-state index in [1.165, 1.54) is 6.07 Å². The number of nitrogens with zero attached hydrogens (tertiary/aromatic N) is 1. The van der Waals surface area contributed by atoms with Crippen molar-refractivity contribution in [3.63, 3.8) is 0 Å². The number of carbonyl (C=O) groups is 1. The number of ether oxygens (including phenoxy) is 1. The van der Waals surface area contributed by atoms with E-state index in [1.54, 1.807) is 61.5 Å². The summed E-state index contributed by atoms with van der Waals surface area (Å²) in [5, 5.41) is 13.0. The third-order valence-corrected chi connectivity index (χ3v) is 6.75. The second-order valence-electron chi connectivity index (χ2n) is 8.28. The smallest absolute Gasteiger partial charge is 0.238 e. The van der Waals surface area contributed by atoms with E-state index in [9.17, 15) is 13.2 Å². The van der Waals surface area contributed by atoms with Gasteiger partial charge in [0.2, 0.25) is 10.0 Å². The van der Waals surface area contributed by atoms with Crippen molar-refractivity contribution in [1.82, 2.24) is 0 Å². The van der Waals surface area contributed by atoms with Crippen LogP contribution in [-0.4, -0.2) is 39.7 Å². The molecule has 4 rings (SSSR count). The third kappa shape index (κ3) is 5.42. The zero-order valence-corrected chi connectivity index (χ0v) is 20.0. The Morgan fingerprint density at radius 3 is 2.63 bits per heavy atom. The average molecular weight is 491 g/mol. The summed E-state index contributed by atoms with van der Waals surface area (Å²) in [5.41, 5.74) is 9.43. The predicted octanol–water partition coefficient (Wildman–Crippen LogP) is 3.16. The highest BCUT2D eigenvalue weighted by molar-refractivity contribution is 7.89. The maximum Gasteiger partial charge on any atom is 0.238 e. The Kier molecular flexibility index (Phi) is 6.72. The standard InChI is InChI=1S/C26H26N4O4S/c1-17(13-18-5-4-6-20(14-18)26(27)28)23(31)16-30-11-12-34-24-15-19(9-10-22(24)30)21-7-2-3-8-25(21)35(29,32)33/h2-10,13-15H,11-12,16H2,1H3,(H3,27,28)(H2,29,32,33)/b17-13+. The lowest BCUT2D eigenvalue weighted by Crippen LogP contribution is -2.37. The van der Waals surface area contributed by atoms with Crippen LogP contribution in [0, 0.1) is 5.41 Å². The average Bonchev–Trinajstić information content (AvgIpc) is 2.83. The number of Topliss-reactive ketones (excluding diaryl/α,β-unsaturated/α-hetero) is 1. The van der Waals surface area contributed by atoms with E-state index in [4.69, 9.17) is 21.0 Å². The Morgan fingerprint density at radius 1 is 1.11 bits per heavy atom. The Bertz CT molecular complexity index is 1450. The highest BCUT2D eigenvalue weighted by atomic mass is 32.2. The number of hydrogen-bond acceptors (Lipinski definition) is 6. The van der Waals surface area contributed by atoms with Crippen molar-refractivity contribution >= 4 is 33.4 Å². The summed E-state index contributed by atoms with van der Waals surface area (Å²) in [6.07, 6.45) is 1.78. The van der Waals surface area contributed by atoms with E-state index in [1.807, 2.05) is 17.0 Å². The summed E-state index contributed by atoms with van der Waals surface area (Å²) in [7, 11) is -3.89. The van der Waals surface area contributed by atoms with Crippen molar-refractivity contribution in [2.75, 3.05) is 24.6 Å². The molecule has 0 atom stereocenters. The maximum absolute atomic E-state index is 13.0. The summed E-state index contributed by atoms with van der Waals surface area (Å²) < 4.78 is 29.9. The molecule has 0 saturated heterocycles. The van der Waals surface area contributed by atoms with Gasteiger partial charge < -0.3 is 15.4 Å². The van der Waals surface area contributed by atoms with Gasteiger partial charge in [-0.25, -0.2) is 13.6 Å². The minimum atomic E-state index is -3.89. The first kappa shape index (κ1) is 24.2. The molecule has 0 aliphatic carbocycles. The Labute approximate surface area is 204 Å². The molecule has 5 N–H and O–H groups in total. The number of ketones is 1. The number of nitrogens with two attached hydrogens (primary N) is 2. The molecule has 0 amide bonds. The molecule has 0 fully saturated rings. The van der Waals surface area contributed by atoms with Gasteiger partial charge in [-0.1, -0.05) is 42.5 Å². The molecular formula is C26H26N4O4S. The summed E-state index contributed by atoms with van der Waals surface area (Å²) >= 11 is 0. The van der Waals surface area contributed by atoms with Gasteiger partial charge in [-0.05, 0) is 54.0 Å². The van der Waals surface area contributed by atoms with E-state index < -0.39 is 10.0 Å². The molecule has 3 aromatic carbocycles. The first-order valence-electron chi connectivity index (χ1n) is 10.9. The van der Waals surface area contributed by atoms with Crippen molar-refractivity contribution < 1.29 is 17.9 Å². The lowest BCUT2D eigenvalue weighted by molar-refractivity contribution is -0.114. The molecule has 180 valence electrons. The van der Waals surface area contributed by atoms with Crippen molar-refractivity contribution in [2.24, 2.45) is 10.9 Å². The molecule has 0 aromatic heterocycles. The van der Waals surface area contributed by atoms with E-state index in [0.29, 0.717) is 41.2 Å². The van der Waals surface area contributed by atoms with Gasteiger partial charge in [-0.15, -0.1) is 0 Å². The van der Waals surface area contributed by atoms with Crippen LogP contribution in [0.25, 0.3) is 17.2 Å². The molecule has 35 heavy (non-hydrogen) atoms. The molecule has 9 heteroatoms. The van der Waals surface area contributed by atoms with E-state index in [2.05, 4.69) is 0 Å². The minimum absolute atomic E-state index is 0.0276. The number of benzene rings is 3. The van der Waals surface area contributed by atoms with Crippen LogP contribution in [0.5, 0.6) is 5.75 Å². The topological polar surface area (TPSA) is 140 Å². The first-order chi connectivity index (χ1) is 16.6. The highest BCUT2D eigenvalue weighted by Crippen LogP contribution is 2.37. The van der Waals surface area contributed by atoms with Crippen LogP contribution in [0.4, 0.5) is 5.69 Å². The quantitative estimate of drug-likeness (QED) is 0.264. The van der Waals surface area contributed by atoms with Crippen molar-refractivity contribution in [1.29, 1.82) is 5.41 Å². The number of primary sulfonamides is 1. The molecule has 0 bridgehead atoms. The number of anilines is 1. The number of fused-ring (bicyclic) bond motifs is 1. The zero-order chi connectivity index (χ0) is 25.2. The fourth-order valence-electron chi connectivity index (χ4n) is 3.99. The predicted molar refractivity (Wildman–Crippen MR) is 137 cm³/mol. The fourth-order valence-corrected chi connectivity index (χ4v) is 4.75. The number of amidine groups is 1. The normalized spacial score (nSPS) is 13.7. The van der Waals surface area contributed by atoms with Gasteiger partial charge in [-0.3, -0.25) is 10.2 Å². The summed E-state index contributed by atoms with van der Waals surface area (Å²) in [5.74, 6) is 0.497. The van der Waals surface area contributed by atoms with Gasteiger partial charge in [0.05, 0.1) is 23.7 Å². The number of nitrogens with one attached hydrogen (secondary N) is 1. The van der Waals surface area contributed by atoms with Crippen LogP contribution in [0.1, 0.15) is 18.1 Å². The van der Waals surface area contributed by atoms with Gasteiger partial charge in [0, 0.05) is 11.1 Å². The van der Waals surface area contributed by atoms with E-state index >= 15 is 0 Å². The summed E-state index contributed by atoms with van der Waals surface area (Å²) in [6.45, 7) is 2.86. The van der Waals surface area contributed by atoms with Crippen LogP contribution in [0.3, 0.4) is 0 Å². The molecule has 1 aliphatic rings. The largest absolute Gasteiger partial charge is 0.490 e. The van der Waals surface area contributed by atoms with Crippen molar-refractivity contribution in [2.45, 2.75) is 11.8 Å². The third-order valence-electron chi connectivity index (χ3n) is 5.78. The van der Waals surface area contributed by atoms with Crippen LogP contribution >= 0.6 is 0 Å². The van der Waals surface area contributed by atoms with Crippen LogP contribution in [0.15, 0.2) is 77.2 Å². The minimum Gasteiger partial charge on any atom is -0.490 e. The zero-order valence-electron chi connectivity index (χ0n) is 19.2. The molecule has 0 saturated carbocycles. The van der Waals surface area contributed by atoms with Gasteiger partial charge in [0.25, 0.3) is 0 Å². The molecule has 1 heterocycles. The molecule has 8 nitrogen and oxygen atoms in total. The van der Waals surface area contributed by atoms with Crippen molar-refractivity contribution in [3.05, 3.63) is 83.4 Å². The Hall–Kier alpha value is -3.95. The molecule has 0 unspecified atom stereocenters. The molecule has 0 spiro atoms. The number of hydrogen-bond donors (Lipinski definition) is 3. The van der Waals surface area contributed by atoms with Gasteiger partial charge in [0.1, 0.15) is 18.2 Å². The molecule has 3 aromatic rings. The summed E-state index contributed by atoms with van der Waals surface area (Å²) in [4.78, 5) is 15.0. The monoisotopic (exact) mass is 490 g/mol. The lowest BCUT2D eigenvalue weighted by Gasteiger charge is -2.31. The fraction of sp³-hybridized carbons (Fsp3) is 0.154. The Balaban J connectivity index is 1.57. The SMILES string of the molecule is C/C(=C\c1cccc(C(=N)N)c1)C(=O)CN1CCOc2cc(-c3ccccc3S(N)(=O)=O)ccc21. The van der Waals surface area contributed by atoms with Crippen LogP contribution < -0.4 is 20.5 Å². The second kappa shape index (κ2) is 9.73. The van der Waals surface area contributed by atoms with Crippen LogP contribution in [-0.2, 0) is 14.8 Å². The van der Waals surface area contributed by atoms with Crippen molar-refractivity contribution in [3.8, 4) is 16.9 Å². The molecule has 0 radical (unpaired) electrons. The number of nitrogen functional groups attached to an aromatic ring is 1. The number of carbonyl (C=O) groups excluding carboxylic acids is 1. The van der Waals surface area contributed by atoms with Gasteiger partial charge in [-0.2, -0.15) is 0 Å². The second-order valence-corrected chi connectivity index (χ2v) is 9.81. The molecular weight excluding hydrogens is 464 g/mol. The van der Waals surface area contributed by atoms with E-state index in [0.717, 1.165) is 11.3 Å². The number of sulfonamides is 1. The highest BCUT2D eigenvalue weighted by Gasteiger charge is 2.23. The number of rotatable bonds is 7. The van der Waals surface area contributed by atoms with Crippen LogP contribution in [0.2, 0.25) is 0 Å².